The maximum Gasteiger partial charge on any atom is 0.227 e. The van der Waals surface area contributed by atoms with E-state index in [0.717, 1.165) is 31.2 Å². The van der Waals surface area contributed by atoms with Crippen molar-refractivity contribution in [2.45, 2.75) is 51.0 Å². The zero-order valence-corrected chi connectivity index (χ0v) is 15.0. The Labute approximate surface area is 149 Å². The molecule has 0 atom stereocenters. The third-order valence-corrected chi connectivity index (χ3v) is 5.48. The summed E-state index contributed by atoms with van der Waals surface area (Å²) in [6, 6.07) is 8.03. The van der Waals surface area contributed by atoms with Gasteiger partial charge in [-0.15, -0.1) is 0 Å². The van der Waals surface area contributed by atoms with Crippen LogP contribution in [0.1, 0.15) is 43.2 Å². The van der Waals surface area contributed by atoms with Crippen LogP contribution in [0.15, 0.2) is 24.3 Å². The first kappa shape index (κ1) is 17.9. The second-order valence-electron chi connectivity index (χ2n) is 7.53. The third-order valence-electron chi connectivity index (χ3n) is 5.48. The molecule has 0 spiro atoms. The lowest BCUT2D eigenvalue weighted by molar-refractivity contribution is -0.142. The number of rotatable bonds is 4. The van der Waals surface area contributed by atoms with E-state index in [9.17, 15) is 14.7 Å². The molecule has 1 saturated carbocycles. The van der Waals surface area contributed by atoms with Gasteiger partial charge in [-0.3, -0.25) is 9.59 Å². The zero-order chi connectivity index (χ0) is 17.9. The van der Waals surface area contributed by atoms with Gasteiger partial charge < -0.3 is 14.9 Å². The summed E-state index contributed by atoms with van der Waals surface area (Å²) < 4.78 is 0. The Morgan fingerprint density at radius 3 is 2.04 bits per heavy atom. The van der Waals surface area contributed by atoms with E-state index in [1.54, 1.807) is 4.90 Å². The highest BCUT2D eigenvalue weighted by molar-refractivity contribution is 5.80. The average Bonchev–Trinajstić information content (AvgIpc) is 3.03. The van der Waals surface area contributed by atoms with Gasteiger partial charge >= 0.3 is 0 Å². The lowest BCUT2D eigenvalue weighted by atomic mass is 9.97. The Kier molecular flexibility index (Phi) is 5.42. The Balaban J connectivity index is 1.47. The SMILES string of the molecule is Cc1ccc(CC(=O)N2CCN(C(=O)CC3(O)CCCC3)CC2)cc1. The minimum absolute atomic E-state index is 0.0232. The summed E-state index contributed by atoms with van der Waals surface area (Å²) in [5, 5.41) is 10.4. The summed E-state index contributed by atoms with van der Waals surface area (Å²) in [7, 11) is 0. The topological polar surface area (TPSA) is 60.9 Å². The van der Waals surface area contributed by atoms with Crippen LogP contribution >= 0.6 is 0 Å². The minimum Gasteiger partial charge on any atom is -0.389 e. The molecule has 5 nitrogen and oxygen atoms in total. The van der Waals surface area contributed by atoms with Gasteiger partial charge in [0.15, 0.2) is 0 Å². The molecule has 1 saturated heterocycles. The van der Waals surface area contributed by atoms with E-state index in [4.69, 9.17) is 0 Å². The van der Waals surface area contributed by atoms with Gasteiger partial charge in [-0.05, 0) is 25.3 Å². The van der Waals surface area contributed by atoms with Crippen molar-refractivity contribution in [2.75, 3.05) is 26.2 Å². The number of carbonyl (C=O) groups is 2. The molecule has 2 amide bonds. The van der Waals surface area contributed by atoms with Crippen LogP contribution in [0.3, 0.4) is 0 Å². The molecule has 5 heteroatoms. The molecule has 0 radical (unpaired) electrons. The Morgan fingerprint density at radius 2 is 1.48 bits per heavy atom. The molecular weight excluding hydrogens is 316 g/mol. The van der Waals surface area contributed by atoms with Crippen LogP contribution in [-0.4, -0.2) is 58.5 Å². The van der Waals surface area contributed by atoms with E-state index >= 15 is 0 Å². The van der Waals surface area contributed by atoms with E-state index in [-0.39, 0.29) is 18.2 Å². The van der Waals surface area contributed by atoms with Gasteiger partial charge in [0.2, 0.25) is 11.8 Å². The molecule has 2 fully saturated rings. The number of carbonyl (C=O) groups excluding carboxylic acids is 2. The van der Waals surface area contributed by atoms with Crippen molar-refractivity contribution in [1.29, 1.82) is 0 Å². The van der Waals surface area contributed by atoms with E-state index < -0.39 is 5.60 Å². The Bertz CT molecular complexity index is 612. The molecule has 0 unspecified atom stereocenters. The standard InChI is InChI=1S/C20H28N2O3/c1-16-4-6-17(7-5-16)14-18(23)21-10-12-22(13-11-21)19(24)15-20(25)8-2-3-9-20/h4-7,25H,2-3,8-15H2,1H3. The maximum absolute atomic E-state index is 12.4. The minimum atomic E-state index is -0.796. The molecule has 0 bridgehead atoms. The monoisotopic (exact) mass is 344 g/mol. The van der Waals surface area contributed by atoms with Gasteiger partial charge in [0.05, 0.1) is 18.4 Å². The number of benzene rings is 1. The fraction of sp³-hybridized carbons (Fsp3) is 0.600. The van der Waals surface area contributed by atoms with Gasteiger partial charge in [0.25, 0.3) is 0 Å². The number of hydrogen-bond acceptors (Lipinski definition) is 3. The van der Waals surface area contributed by atoms with Crippen molar-refractivity contribution >= 4 is 11.8 Å². The van der Waals surface area contributed by atoms with Crippen LogP contribution in [0.2, 0.25) is 0 Å². The first-order chi connectivity index (χ1) is 12.0. The molecule has 0 aromatic heterocycles. The Hall–Kier alpha value is -1.88. The fourth-order valence-electron chi connectivity index (χ4n) is 3.80. The maximum atomic E-state index is 12.4. The van der Waals surface area contributed by atoms with Crippen LogP contribution in [-0.2, 0) is 16.0 Å². The van der Waals surface area contributed by atoms with E-state index in [1.165, 1.54) is 5.56 Å². The first-order valence-electron chi connectivity index (χ1n) is 9.29. The van der Waals surface area contributed by atoms with Crippen molar-refractivity contribution < 1.29 is 14.7 Å². The highest BCUT2D eigenvalue weighted by Gasteiger charge is 2.35. The molecule has 1 aromatic carbocycles. The molecule has 136 valence electrons. The molecule has 1 aliphatic carbocycles. The summed E-state index contributed by atoms with van der Waals surface area (Å²) >= 11 is 0. The third kappa shape index (κ3) is 4.60. The highest BCUT2D eigenvalue weighted by atomic mass is 16.3. The van der Waals surface area contributed by atoms with Crippen LogP contribution in [0.4, 0.5) is 0 Å². The smallest absolute Gasteiger partial charge is 0.227 e. The molecule has 1 aromatic rings. The van der Waals surface area contributed by atoms with Gasteiger partial charge in [-0.25, -0.2) is 0 Å². The first-order valence-corrected chi connectivity index (χ1v) is 9.29. The van der Waals surface area contributed by atoms with Crippen LogP contribution in [0.25, 0.3) is 0 Å². The van der Waals surface area contributed by atoms with Crippen LogP contribution < -0.4 is 0 Å². The lowest BCUT2D eigenvalue weighted by Crippen LogP contribution is -2.52. The quantitative estimate of drug-likeness (QED) is 0.907. The van der Waals surface area contributed by atoms with Crippen molar-refractivity contribution in [3.05, 3.63) is 35.4 Å². The second kappa shape index (κ2) is 7.56. The number of amides is 2. The summed E-state index contributed by atoms with van der Waals surface area (Å²) in [4.78, 5) is 28.5. The van der Waals surface area contributed by atoms with Gasteiger partial charge in [0, 0.05) is 26.2 Å². The largest absolute Gasteiger partial charge is 0.389 e. The van der Waals surface area contributed by atoms with Gasteiger partial charge in [-0.2, -0.15) is 0 Å². The fourth-order valence-corrected chi connectivity index (χ4v) is 3.80. The van der Waals surface area contributed by atoms with Crippen molar-refractivity contribution in [1.82, 2.24) is 9.80 Å². The normalized spacial score (nSPS) is 19.9. The molecule has 25 heavy (non-hydrogen) atoms. The van der Waals surface area contributed by atoms with E-state index in [1.807, 2.05) is 36.1 Å². The molecule has 1 heterocycles. The summed E-state index contributed by atoms with van der Waals surface area (Å²) in [6.07, 6.45) is 4.11. The highest BCUT2D eigenvalue weighted by Crippen LogP contribution is 2.32. The molecule has 2 aliphatic rings. The summed E-state index contributed by atoms with van der Waals surface area (Å²) in [5.41, 5.74) is 1.42. The molecular formula is C20H28N2O3. The van der Waals surface area contributed by atoms with Crippen LogP contribution in [0, 0.1) is 6.92 Å². The molecule has 1 N–H and O–H groups in total. The second-order valence-corrected chi connectivity index (χ2v) is 7.53. The molecule has 3 rings (SSSR count). The lowest BCUT2D eigenvalue weighted by Gasteiger charge is -2.36. The summed E-state index contributed by atoms with van der Waals surface area (Å²) in [5.74, 6) is 0.139. The number of nitrogens with zero attached hydrogens (tertiary/aromatic N) is 2. The van der Waals surface area contributed by atoms with Crippen molar-refractivity contribution in [3.63, 3.8) is 0 Å². The molecule has 1 aliphatic heterocycles. The number of hydrogen-bond donors (Lipinski definition) is 1. The number of piperazine rings is 1. The van der Waals surface area contributed by atoms with Crippen molar-refractivity contribution in [3.8, 4) is 0 Å². The van der Waals surface area contributed by atoms with Crippen LogP contribution in [0.5, 0.6) is 0 Å². The van der Waals surface area contributed by atoms with E-state index in [2.05, 4.69) is 0 Å². The number of aliphatic hydroxyl groups is 1. The number of aryl methyl sites for hydroxylation is 1. The average molecular weight is 344 g/mol. The Morgan fingerprint density at radius 1 is 0.960 bits per heavy atom. The van der Waals surface area contributed by atoms with Crippen molar-refractivity contribution in [2.24, 2.45) is 0 Å². The zero-order valence-electron chi connectivity index (χ0n) is 15.0. The van der Waals surface area contributed by atoms with Gasteiger partial charge in [-0.1, -0.05) is 42.7 Å². The summed E-state index contributed by atoms with van der Waals surface area (Å²) in [6.45, 7) is 4.32. The predicted octanol–water partition coefficient (Wildman–Crippen LogP) is 1.90. The van der Waals surface area contributed by atoms with E-state index in [0.29, 0.717) is 32.6 Å². The predicted molar refractivity (Wildman–Crippen MR) is 96.1 cm³/mol. The van der Waals surface area contributed by atoms with Gasteiger partial charge in [0.1, 0.15) is 0 Å².